The van der Waals surface area contributed by atoms with Crippen LogP contribution in [0.25, 0.3) is 11.1 Å². The van der Waals surface area contributed by atoms with Gasteiger partial charge in [0, 0.05) is 6.54 Å². The number of nitrogens with two attached hydrogens (primary N) is 2. The van der Waals surface area contributed by atoms with Crippen LogP contribution in [0.5, 0.6) is 0 Å². The number of aliphatic imine (C=N–C) groups is 1. The van der Waals surface area contributed by atoms with E-state index in [0.29, 0.717) is 0 Å². The van der Waals surface area contributed by atoms with Gasteiger partial charge in [-0.15, -0.1) is 0 Å². The summed E-state index contributed by atoms with van der Waals surface area (Å²) in [6, 6.07) is 18.5. The van der Waals surface area contributed by atoms with Crippen LogP contribution in [-0.4, -0.2) is 29.4 Å². The van der Waals surface area contributed by atoms with Gasteiger partial charge in [0.25, 0.3) is 5.91 Å². The molecule has 0 aliphatic carbocycles. The van der Waals surface area contributed by atoms with E-state index in [4.69, 9.17) is 11.5 Å². The number of nitrogens with zero attached hydrogens (tertiary/aromatic N) is 2. The maximum absolute atomic E-state index is 12.1. The summed E-state index contributed by atoms with van der Waals surface area (Å²) in [6.45, 7) is 1.61. The highest BCUT2D eigenvalue weighted by Crippen LogP contribution is 2.23. The minimum Gasteiger partial charge on any atom is -0.370 e. The van der Waals surface area contributed by atoms with Gasteiger partial charge in [-0.2, -0.15) is 4.99 Å². The minimum absolute atomic E-state index is 0.168. The van der Waals surface area contributed by atoms with E-state index in [1.54, 1.807) is 0 Å². The van der Waals surface area contributed by atoms with Gasteiger partial charge in [-0.05, 0) is 36.1 Å². The van der Waals surface area contributed by atoms with Crippen LogP contribution in [0.15, 0.2) is 59.6 Å². The van der Waals surface area contributed by atoms with Crippen LogP contribution in [0, 0.1) is 0 Å². The second-order valence-electron chi connectivity index (χ2n) is 6.07. The highest BCUT2D eigenvalue weighted by Gasteiger charge is 2.30. The van der Waals surface area contributed by atoms with Crippen LogP contribution in [0.4, 0.5) is 0 Å². The quantitative estimate of drug-likeness (QED) is 0.667. The van der Waals surface area contributed by atoms with Crippen molar-refractivity contribution in [3.05, 3.63) is 60.2 Å². The first-order valence-corrected chi connectivity index (χ1v) is 8.15. The van der Waals surface area contributed by atoms with E-state index >= 15 is 0 Å². The summed E-state index contributed by atoms with van der Waals surface area (Å²) < 4.78 is 0. The van der Waals surface area contributed by atoms with Crippen molar-refractivity contribution in [3.8, 4) is 11.1 Å². The molecule has 0 spiro atoms. The van der Waals surface area contributed by atoms with Crippen LogP contribution < -0.4 is 11.5 Å². The number of carbonyl (C=O) groups excluding carboxylic acids is 1. The van der Waals surface area contributed by atoms with Gasteiger partial charge >= 0.3 is 0 Å². The number of hydrogen-bond acceptors (Lipinski definition) is 2. The molecule has 2 aromatic carbocycles. The third-order valence-electron chi connectivity index (χ3n) is 4.33. The van der Waals surface area contributed by atoms with Gasteiger partial charge in [0.05, 0.1) is 6.04 Å². The molecule has 1 atom stereocenters. The molecule has 2 aromatic rings. The summed E-state index contributed by atoms with van der Waals surface area (Å²) in [5, 5.41) is 0. The number of carbonyl (C=O) groups is 1. The Morgan fingerprint density at radius 1 is 1.04 bits per heavy atom. The highest BCUT2D eigenvalue weighted by atomic mass is 16.2. The van der Waals surface area contributed by atoms with Crippen LogP contribution in [0.1, 0.15) is 18.4 Å². The Labute approximate surface area is 142 Å². The molecule has 0 saturated carbocycles. The molecule has 0 aromatic heterocycles. The topological polar surface area (TPSA) is 84.7 Å². The standard InChI is InChI=1S/C19H22N4O/c20-19(21)22-18(24)17-7-4-12-23(17)13-14-8-10-16(11-9-14)15-5-2-1-3-6-15/h1-3,5-6,8-11,17H,4,7,12-13H2,(H4,20,21,22,24). The van der Waals surface area contributed by atoms with Crippen molar-refractivity contribution in [2.45, 2.75) is 25.4 Å². The predicted octanol–water partition coefficient (Wildman–Crippen LogP) is 2.12. The highest BCUT2D eigenvalue weighted by molar-refractivity contribution is 5.94. The maximum atomic E-state index is 12.1. The normalized spacial score (nSPS) is 17.6. The number of amides is 1. The Morgan fingerprint density at radius 2 is 1.71 bits per heavy atom. The van der Waals surface area contributed by atoms with E-state index in [9.17, 15) is 4.79 Å². The molecule has 1 aliphatic rings. The van der Waals surface area contributed by atoms with Crippen LogP contribution in [0.3, 0.4) is 0 Å². The molecule has 5 nitrogen and oxygen atoms in total. The molecular weight excluding hydrogens is 300 g/mol. The van der Waals surface area contributed by atoms with Crippen LogP contribution in [-0.2, 0) is 11.3 Å². The van der Waals surface area contributed by atoms with Crippen molar-refractivity contribution in [2.24, 2.45) is 16.5 Å². The number of guanidine groups is 1. The van der Waals surface area contributed by atoms with E-state index < -0.39 is 0 Å². The second-order valence-corrected chi connectivity index (χ2v) is 6.07. The molecular formula is C19H22N4O. The van der Waals surface area contributed by atoms with Crippen LogP contribution >= 0.6 is 0 Å². The third kappa shape index (κ3) is 3.81. The van der Waals surface area contributed by atoms with Gasteiger partial charge in [0.15, 0.2) is 5.96 Å². The van der Waals surface area contributed by atoms with Gasteiger partial charge in [-0.1, -0.05) is 54.6 Å². The van der Waals surface area contributed by atoms with Gasteiger partial charge in [0.2, 0.25) is 0 Å². The fraction of sp³-hybridized carbons (Fsp3) is 0.263. The van der Waals surface area contributed by atoms with E-state index in [0.717, 1.165) is 25.9 Å². The molecule has 1 amide bonds. The fourth-order valence-electron chi connectivity index (χ4n) is 3.16. The van der Waals surface area contributed by atoms with E-state index in [2.05, 4.69) is 46.3 Å². The Bertz CT molecular complexity index is 721. The zero-order chi connectivity index (χ0) is 16.9. The Kier molecular flexibility index (Phi) is 4.91. The predicted molar refractivity (Wildman–Crippen MR) is 96.1 cm³/mol. The first kappa shape index (κ1) is 16.2. The summed E-state index contributed by atoms with van der Waals surface area (Å²) in [5.74, 6) is -0.410. The first-order valence-electron chi connectivity index (χ1n) is 8.15. The van der Waals surface area contributed by atoms with E-state index in [-0.39, 0.29) is 17.9 Å². The lowest BCUT2D eigenvalue weighted by molar-refractivity contribution is -0.122. The largest absolute Gasteiger partial charge is 0.370 e. The van der Waals surface area contributed by atoms with Gasteiger partial charge in [-0.25, -0.2) is 0 Å². The summed E-state index contributed by atoms with van der Waals surface area (Å²) in [5.41, 5.74) is 14.2. The smallest absolute Gasteiger partial charge is 0.266 e. The van der Waals surface area contributed by atoms with Crippen molar-refractivity contribution in [1.29, 1.82) is 0 Å². The molecule has 0 bridgehead atoms. The summed E-state index contributed by atoms with van der Waals surface area (Å²) in [4.78, 5) is 17.9. The molecule has 1 saturated heterocycles. The summed E-state index contributed by atoms with van der Waals surface area (Å²) in [7, 11) is 0. The first-order chi connectivity index (χ1) is 11.6. The van der Waals surface area contributed by atoms with Crippen molar-refractivity contribution >= 4 is 11.9 Å². The summed E-state index contributed by atoms with van der Waals surface area (Å²) >= 11 is 0. The molecule has 1 aliphatic heterocycles. The van der Waals surface area contributed by atoms with Gasteiger partial charge in [0.1, 0.15) is 0 Å². The lowest BCUT2D eigenvalue weighted by atomic mass is 10.0. The summed E-state index contributed by atoms with van der Waals surface area (Å²) in [6.07, 6.45) is 1.79. The van der Waals surface area contributed by atoms with Gasteiger partial charge in [-0.3, -0.25) is 9.69 Å². The molecule has 3 rings (SSSR count). The number of rotatable bonds is 4. The molecule has 124 valence electrons. The fourth-order valence-corrected chi connectivity index (χ4v) is 3.16. The van der Waals surface area contributed by atoms with Crippen molar-refractivity contribution in [1.82, 2.24) is 4.90 Å². The lowest BCUT2D eigenvalue weighted by Gasteiger charge is -2.22. The zero-order valence-electron chi connectivity index (χ0n) is 13.6. The van der Waals surface area contributed by atoms with Crippen molar-refractivity contribution < 1.29 is 4.79 Å². The zero-order valence-corrected chi connectivity index (χ0v) is 13.6. The molecule has 4 N–H and O–H groups in total. The monoisotopic (exact) mass is 322 g/mol. The number of hydrogen-bond donors (Lipinski definition) is 2. The van der Waals surface area contributed by atoms with E-state index in [1.807, 2.05) is 18.2 Å². The van der Waals surface area contributed by atoms with Crippen LogP contribution in [0.2, 0.25) is 0 Å². The average molecular weight is 322 g/mol. The Balaban J connectivity index is 1.69. The molecule has 5 heteroatoms. The molecule has 24 heavy (non-hydrogen) atoms. The molecule has 1 fully saturated rings. The van der Waals surface area contributed by atoms with E-state index in [1.165, 1.54) is 16.7 Å². The van der Waals surface area contributed by atoms with Crippen molar-refractivity contribution in [3.63, 3.8) is 0 Å². The third-order valence-corrected chi connectivity index (χ3v) is 4.33. The molecule has 1 unspecified atom stereocenters. The minimum atomic E-state index is -0.242. The molecule has 1 heterocycles. The lowest BCUT2D eigenvalue weighted by Crippen LogP contribution is -2.36. The maximum Gasteiger partial charge on any atom is 0.266 e. The Hall–Kier alpha value is -2.66. The Morgan fingerprint density at radius 3 is 2.38 bits per heavy atom. The number of benzene rings is 2. The molecule has 0 radical (unpaired) electrons. The SMILES string of the molecule is NC(N)=NC(=O)C1CCCN1Cc1ccc(-c2ccccc2)cc1. The number of likely N-dealkylation sites (tertiary alicyclic amines) is 1. The second kappa shape index (κ2) is 7.27. The van der Waals surface area contributed by atoms with Crippen molar-refractivity contribution in [2.75, 3.05) is 6.54 Å². The average Bonchev–Trinajstić information content (AvgIpc) is 3.04. The van der Waals surface area contributed by atoms with Gasteiger partial charge < -0.3 is 11.5 Å².